The van der Waals surface area contributed by atoms with Crippen LogP contribution in [-0.2, 0) is 0 Å². The van der Waals surface area contributed by atoms with Gasteiger partial charge in [-0.05, 0) is 75.2 Å². The van der Waals surface area contributed by atoms with Crippen LogP contribution in [0, 0.1) is 6.92 Å². The Kier molecular flexibility index (Phi) is 7.29. The van der Waals surface area contributed by atoms with Gasteiger partial charge in [-0.2, -0.15) is 0 Å². The molecular weight excluding hydrogens is 430 g/mol. The molecule has 1 amide bonds. The van der Waals surface area contributed by atoms with Crippen LogP contribution in [0.5, 0.6) is 5.75 Å². The molecule has 1 unspecified atom stereocenters. The van der Waals surface area contributed by atoms with Gasteiger partial charge in [-0.1, -0.05) is 0 Å². The monoisotopic (exact) mass is 463 g/mol. The van der Waals surface area contributed by atoms with Crippen molar-refractivity contribution in [3.8, 4) is 5.75 Å². The highest BCUT2D eigenvalue weighted by molar-refractivity contribution is 5.94. The number of carbonyl (C=O) groups excluding carboxylic acids is 1. The highest BCUT2D eigenvalue weighted by atomic mass is 16.5. The second kappa shape index (κ2) is 10.4. The number of piperidine rings is 1. The number of β-amino-alcohol motifs (C(OH)–C–C–N with tert-alkyl or cyclic N) is 1. The number of likely N-dealkylation sites (N-methyl/N-ethyl adjacent to an activating group) is 1. The number of hydrogen-bond donors (Lipinski definition) is 2. The average molecular weight is 464 g/mol. The van der Waals surface area contributed by atoms with Gasteiger partial charge in [-0.25, -0.2) is 4.98 Å². The molecule has 0 saturated carbocycles. The zero-order valence-corrected chi connectivity index (χ0v) is 19.9. The molecule has 8 nitrogen and oxygen atoms in total. The summed E-state index contributed by atoms with van der Waals surface area (Å²) < 4.78 is 5.61. The number of nitrogens with zero attached hydrogens (tertiary/aromatic N) is 4. The Morgan fingerprint density at radius 3 is 2.79 bits per heavy atom. The van der Waals surface area contributed by atoms with E-state index in [0.29, 0.717) is 37.4 Å². The zero-order chi connectivity index (χ0) is 24.1. The number of rotatable bonds is 8. The van der Waals surface area contributed by atoms with Crippen molar-refractivity contribution in [2.24, 2.45) is 5.73 Å². The second-order valence-corrected chi connectivity index (χ2v) is 9.08. The number of benzene rings is 1. The van der Waals surface area contributed by atoms with Crippen molar-refractivity contribution < 1.29 is 14.6 Å². The summed E-state index contributed by atoms with van der Waals surface area (Å²) >= 11 is 0. The van der Waals surface area contributed by atoms with Gasteiger partial charge in [0.25, 0.3) is 5.91 Å². The number of carbonyl (C=O) groups is 1. The van der Waals surface area contributed by atoms with E-state index in [-0.39, 0.29) is 12.5 Å². The SMILES string of the molecule is Cc1ccc2nccc(N3CCCC(O)(CN(C)C(=O)c4ccc(OCCCN)cc4)C3)c2n1. The summed E-state index contributed by atoms with van der Waals surface area (Å²) in [7, 11) is 1.73. The maximum atomic E-state index is 13.0. The van der Waals surface area contributed by atoms with Gasteiger partial charge in [0.2, 0.25) is 0 Å². The summed E-state index contributed by atoms with van der Waals surface area (Å²) in [6, 6.07) is 13.0. The number of aryl methyl sites for hydroxylation is 1. The molecule has 1 fully saturated rings. The van der Waals surface area contributed by atoms with Crippen molar-refractivity contribution in [2.45, 2.75) is 31.8 Å². The van der Waals surface area contributed by atoms with E-state index in [1.54, 1.807) is 42.4 Å². The van der Waals surface area contributed by atoms with Gasteiger partial charge < -0.3 is 25.4 Å². The quantitative estimate of drug-likeness (QED) is 0.495. The van der Waals surface area contributed by atoms with Crippen LogP contribution in [0.2, 0.25) is 0 Å². The Hall–Kier alpha value is -3.23. The van der Waals surface area contributed by atoms with E-state index < -0.39 is 5.60 Å². The van der Waals surface area contributed by atoms with E-state index in [1.807, 2.05) is 25.1 Å². The van der Waals surface area contributed by atoms with Gasteiger partial charge >= 0.3 is 0 Å². The van der Waals surface area contributed by atoms with Gasteiger partial charge in [-0.15, -0.1) is 0 Å². The number of amides is 1. The fourth-order valence-corrected chi connectivity index (χ4v) is 4.51. The number of ether oxygens (including phenoxy) is 1. The molecule has 0 spiro atoms. The van der Waals surface area contributed by atoms with Gasteiger partial charge in [0.1, 0.15) is 11.3 Å². The second-order valence-electron chi connectivity index (χ2n) is 9.08. The van der Waals surface area contributed by atoms with Crippen LogP contribution >= 0.6 is 0 Å². The number of aromatic nitrogens is 2. The summed E-state index contributed by atoms with van der Waals surface area (Å²) in [5.74, 6) is 0.577. The van der Waals surface area contributed by atoms with Crippen LogP contribution in [0.4, 0.5) is 5.69 Å². The fourth-order valence-electron chi connectivity index (χ4n) is 4.51. The van der Waals surface area contributed by atoms with Gasteiger partial charge in [0, 0.05) is 37.6 Å². The molecule has 0 radical (unpaired) electrons. The third-order valence-electron chi connectivity index (χ3n) is 6.19. The molecule has 180 valence electrons. The highest BCUT2D eigenvalue weighted by Crippen LogP contribution is 2.31. The molecule has 34 heavy (non-hydrogen) atoms. The van der Waals surface area contributed by atoms with E-state index in [9.17, 15) is 9.90 Å². The molecule has 1 aliphatic rings. The Morgan fingerprint density at radius 1 is 1.24 bits per heavy atom. The van der Waals surface area contributed by atoms with E-state index in [4.69, 9.17) is 15.5 Å². The lowest BCUT2D eigenvalue weighted by atomic mass is 9.91. The van der Waals surface area contributed by atoms with E-state index in [2.05, 4.69) is 9.88 Å². The van der Waals surface area contributed by atoms with Gasteiger partial charge in [0.05, 0.1) is 30.0 Å². The molecule has 1 saturated heterocycles. The number of aliphatic hydroxyl groups is 1. The molecule has 4 rings (SSSR count). The average Bonchev–Trinajstić information content (AvgIpc) is 2.83. The van der Waals surface area contributed by atoms with Crippen LogP contribution < -0.4 is 15.4 Å². The van der Waals surface area contributed by atoms with Gasteiger partial charge in [0.15, 0.2) is 0 Å². The lowest BCUT2D eigenvalue weighted by Gasteiger charge is -2.42. The van der Waals surface area contributed by atoms with Crippen molar-refractivity contribution in [2.75, 3.05) is 44.7 Å². The van der Waals surface area contributed by atoms with E-state index >= 15 is 0 Å². The van der Waals surface area contributed by atoms with Crippen LogP contribution in [0.3, 0.4) is 0 Å². The first kappa shape index (κ1) is 23.9. The lowest BCUT2D eigenvalue weighted by Crippen LogP contribution is -2.54. The van der Waals surface area contributed by atoms with Crippen molar-refractivity contribution in [3.63, 3.8) is 0 Å². The summed E-state index contributed by atoms with van der Waals surface area (Å²) in [5.41, 5.74) is 8.59. The molecule has 0 aliphatic carbocycles. The number of pyridine rings is 2. The minimum absolute atomic E-state index is 0.134. The van der Waals surface area contributed by atoms with Crippen molar-refractivity contribution in [1.29, 1.82) is 0 Å². The molecule has 3 aromatic rings. The first-order chi connectivity index (χ1) is 16.4. The maximum Gasteiger partial charge on any atom is 0.253 e. The predicted octanol–water partition coefficient (Wildman–Crippen LogP) is 2.77. The largest absolute Gasteiger partial charge is 0.494 e. The van der Waals surface area contributed by atoms with Crippen LogP contribution in [0.15, 0.2) is 48.7 Å². The van der Waals surface area contributed by atoms with Crippen molar-refractivity contribution in [1.82, 2.24) is 14.9 Å². The van der Waals surface area contributed by atoms with Crippen molar-refractivity contribution >= 4 is 22.6 Å². The molecule has 1 aliphatic heterocycles. The smallest absolute Gasteiger partial charge is 0.253 e. The van der Waals surface area contributed by atoms with Crippen LogP contribution in [-0.4, -0.2) is 71.3 Å². The van der Waals surface area contributed by atoms with Crippen LogP contribution in [0.25, 0.3) is 11.0 Å². The topological polar surface area (TPSA) is 105 Å². The fraction of sp³-hybridized carbons (Fsp3) is 0.423. The Morgan fingerprint density at radius 2 is 2.03 bits per heavy atom. The number of nitrogens with two attached hydrogens (primary N) is 1. The minimum Gasteiger partial charge on any atom is -0.494 e. The molecule has 0 bridgehead atoms. The zero-order valence-electron chi connectivity index (χ0n) is 19.9. The summed E-state index contributed by atoms with van der Waals surface area (Å²) in [5, 5.41) is 11.5. The molecule has 3 heterocycles. The molecule has 3 N–H and O–H groups in total. The maximum absolute atomic E-state index is 13.0. The minimum atomic E-state index is -1.02. The Bertz CT molecular complexity index is 1140. The Balaban J connectivity index is 1.44. The molecule has 2 aromatic heterocycles. The molecule has 8 heteroatoms. The van der Waals surface area contributed by atoms with Crippen molar-refractivity contribution in [3.05, 3.63) is 59.9 Å². The normalized spacial score (nSPS) is 18.2. The molecular formula is C26H33N5O3. The first-order valence-electron chi connectivity index (χ1n) is 11.8. The first-order valence-corrected chi connectivity index (χ1v) is 11.8. The van der Waals surface area contributed by atoms with Gasteiger partial charge in [-0.3, -0.25) is 9.78 Å². The summed E-state index contributed by atoms with van der Waals surface area (Å²) in [6.07, 6.45) is 4.01. The highest BCUT2D eigenvalue weighted by Gasteiger charge is 2.36. The molecule has 1 aromatic carbocycles. The standard InChI is InChI=1S/C26H33N5O3/c1-19-5-10-22-24(29-19)23(11-14-28-22)31-15-3-12-26(33,18-31)17-30(2)25(32)20-6-8-21(9-7-20)34-16-4-13-27/h5-11,14,33H,3-4,12-13,15-18,27H2,1-2H3. The van der Waals surface area contributed by atoms with E-state index in [0.717, 1.165) is 41.8 Å². The summed E-state index contributed by atoms with van der Waals surface area (Å²) in [6.45, 7) is 4.58. The summed E-state index contributed by atoms with van der Waals surface area (Å²) in [4.78, 5) is 25.9. The van der Waals surface area contributed by atoms with E-state index in [1.165, 1.54) is 0 Å². The lowest BCUT2D eigenvalue weighted by molar-refractivity contribution is 0.0000607. The van der Waals surface area contributed by atoms with Crippen LogP contribution in [0.1, 0.15) is 35.3 Å². The number of fused-ring (bicyclic) bond motifs is 1. The number of anilines is 1. The third-order valence-corrected chi connectivity index (χ3v) is 6.19. The molecule has 1 atom stereocenters. The predicted molar refractivity (Wildman–Crippen MR) is 133 cm³/mol. The number of hydrogen-bond acceptors (Lipinski definition) is 7. The Labute approximate surface area is 200 Å². The third kappa shape index (κ3) is 5.46.